The molecule has 2 amide bonds. The van der Waals surface area contributed by atoms with Crippen molar-refractivity contribution in [2.24, 2.45) is 0 Å². The average Bonchev–Trinajstić information content (AvgIpc) is 2.97. The third-order valence-corrected chi connectivity index (χ3v) is 4.06. The molecule has 0 fully saturated rings. The van der Waals surface area contributed by atoms with Gasteiger partial charge in [-0.15, -0.1) is 11.3 Å². The van der Waals surface area contributed by atoms with Crippen molar-refractivity contribution < 1.29 is 9.59 Å². The zero-order valence-electron chi connectivity index (χ0n) is 10.7. The van der Waals surface area contributed by atoms with E-state index in [4.69, 9.17) is 0 Å². The zero-order valence-corrected chi connectivity index (χ0v) is 11.5. The van der Waals surface area contributed by atoms with Crippen LogP contribution in [-0.4, -0.2) is 11.8 Å². The Morgan fingerprint density at radius 3 is 2.84 bits per heavy atom. The molecule has 2 rings (SSSR count). The molecule has 0 aromatic carbocycles. The molecule has 2 N–H and O–H groups in total. The number of rotatable bonds is 3. The summed E-state index contributed by atoms with van der Waals surface area (Å²) in [6, 6.07) is 1.92. The molecule has 1 aromatic heterocycles. The van der Waals surface area contributed by atoms with Crippen molar-refractivity contribution in [2.45, 2.75) is 26.2 Å². The highest BCUT2D eigenvalue weighted by molar-refractivity contribution is 7.14. The smallest absolute Gasteiger partial charge is 0.268 e. The first-order valence-corrected chi connectivity index (χ1v) is 7.03. The minimum atomic E-state index is -0.351. The molecule has 1 aliphatic carbocycles. The van der Waals surface area contributed by atoms with Crippen molar-refractivity contribution in [2.75, 3.05) is 0 Å². The van der Waals surface area contributed by atoms with E-state index < -0.39 is 0 Å². The molecule has 1 heterocycles. The second-order valence-electron chi connectivity index (χ2n) is 4.24. The number of fused-ring (bicyclic) bond motifs is 1. The molecule has 5 heteroatoms. The van der Waals surface area contributed by atoms with Crippen molar-refractivity contribution in [3.63, 3.8) is 0 Å². The fraction of sp³-hybridized carbons (Fsp3) is 0.286. The summed E-state index contributed by atoms with van der Waals surface area (Å²) in [4.78, 5) is 25.1. The van der Waals surface area contributed by atoms with E-state index in [9.17, 15) is 9.59 Å². The van der Waals surface area contributed by atoms with Crippen molar-refractivity contribution >= 4 is 23.2 Å². The van der Waals surface area contributed by atoms with Gasteiger partial charge in [-0.3, -0.25) is 20.4 Å². The van der Waals surface area contributed by atoms with Crippen LogP contribution in [0.15, 0.2) is 30.4 Å². The Morgan fingerprint density at radius 2 is 2.11 bits per heavy atom. The van der Waals surface area contributed by atoms with Gasteiger partial charge in [-0.25, -0.2) is 0 Å². The number of nitrogens with one attached hydrogen (secondary N) is 2. The Bertz CT molecular complexity index is 522. The Morgan fingerprint density at radius 1 is 1.26 bits per heavy atom. The van der Waals surface area contributed by atoms with E-state index in [1.165, 1.54) is 34.3 Å². The number of allylic oxidation sites excluding steroid dienone is 3. The van der Waals surface area contributed by atoms with E-state index in [2.05, 4.69) is 10.9 Å². The van der Waals surface area contributed by atoms with Crippen molar-refractivity contribution in [1.29, 1.82) is 0 Å². The highest BCUT2D eigenvalue weighted by Gasteiger charge is 2.18. The number of hydrogen-bond acceptors (Lipinski definition) is 3. The van der Waals surface area contributed by atoms with Crippen LogP contribution in [0.3, 0.4) is 0 Å². The lowest BCUT2D eigenvalue weighted by Crippen LogP contribution is -2.40. The first-order valence-electron chi connectivity index (χ1n) is 6.22. The van der Waals surface area contributed by atoms with Gasteiger partial charge >= 0.3 is 0 Å². The molecule has 0 bridgehead atoms. The second kappa shape index (κ2) is 6.33. The number of hydrazine groups is 1. The van der Waals surface area contributed by atoms with E-state index >= 15 is 0 Å². The Hall–Kier alpha value is -1.88. The van der Waals surface area contributed by atoms with Gasteiger partial charge in [0.1, 0.15) is 0 Å². The molecule has 1 aromatic rings. The molecule has 19 heavy (non-hydrogen) atoms. The fourth-order valence-electron chi connectivity index (χ4n) is 1.92. The highest BCUT2D eigenvalue weighted by Crippen LogP contribution is 2.30. The van der Waals surface area contributed by atoms with Gasteiger partial charge in [-0.05, 0) is 37.8 Å². The van der Waals surface area contributed by atoms with Crippen LogP contribution in [0.4, 0.5) is 0 Å². The van der Waals surface area contributed by atoms with Gasteiger partial charge in [-0.1, -0.05) is 18.2 Å². The summed E-state index contributed by atoms with van der Waals surface area (Å²) in [5.41, 5.74) is 6.04. The molecule has 0 saturated carbocycles. The Kier molecular flexibility index (Phi) is 4.52. The van der Waals surface area contributed by atoms with Crippen molar-refractivity contribution in [1.82, 2.24) is 10.9 Å². The normalized spacial score (nSPS) is 13.9. The van der Waals surface area contributed by atoms with Gasteiger partial charge in [0.25, 0.3) is 11.8 Å². The molecule has 0 radical (unpaired) electrons. The summed E-state index contributed by atoms with van der Waals surface area (Å²) in [6.45, 7) is 1.86. The first kappa shape index (κ1) is 13.5. The van der Waals surface area contributed by atoms with Gasteiger partial charge in [0.2, 0.25) is 0 Å². The maximum atomic E-state index is 11.8. The predicted molar refractivity (Wildman–Crippen MR) is 75.9 cm³/mol. The molecule has 1 aliphatic rings. The number of aryl methyl sites for hydroxylation is 2. The van der Waals surface area contributed by atoms with Crippen LogP contribution in [0.5, 0.6) is 0 Å². The topological polar surface area (TPSA) is 58.2 Å². The summed E-state index contributed by atoms with van der Waals surface area (Å²) < 4.78 is 0. The largest absolute Gasteiger partial charge is 0.279 e. The van der Waals surface area contributed by atoms with Gasteiger partial charge in [0, 0.05) is 11.0 Å². The lowest BCUT2D eigenvalue weighted by molar-refractivity contribution is -0.117. The second-order valence-corrected chi connectivity index (χ2v) is 5.38. The zero-order chi connectivity index (χ0) is 13.7. The van der Waals surface area contributed by atoms with Crippen LogP contribution >= 0.6 is 11.3 Å². The van der Waals surface area contributed by atoms with E-state index in [0.717, 1.165) is 12.8 Å². The highest BCUT2D eigenvalue weighted by atomic mass is 32.1. The van der Waals surface area contributed by atoms with Crippen molar-refractivity contribution in [3.05, 3.63) is 45.7 Å². The molecule has 0 aliphatic heterocycles. The fourth-order valence-corrected chi connectivity index (χ4v) is 3.07. The van der Waals surface area contributed by atoms with Crippen LogP contribution in [0, 0.1) is 0 Å². The third kappa shape index (κ3) is 3.54. The van der Waals surface area contributed by atoms with Crippen LogP contribution in [0.2, 0.25) is 0 Å². The summed E-state index contributed by atoms with van der Waals surface area (Å²) in [7, 11) is 0. The third-order valence-electron chi connectivity index (χ3n) is 2.82. The number of carbonyl (C=O) groups excluding carboxylic acids is 2. The van der Waals surface area contributed by atoms with Crippen molar-refractivity contribution in [3.8, 4) is 0 Å². The SMILES string of the molecule is C/C=C/C=C/C(=O)NNC(=O)c1cc2c(s1)CCC2. The minimum Gasteiger partial charge on any atom is -0.268 e. The van der Waals surface area contributed by atoms with E-state index in [1.807, 2.05) is 19.1 Å². The standard InChI is InChI=1S/C14H16N2O2S/c1-2-3-4-8-13(17)15-16-14(18)12-9-10-6-5-7-11(10)19-12/h2-4,8-9H,5-7H2,1H3,(H,15,17)(H,16,18)/b3-2+,8-4+. The average molecular weight is 276 g/mol. The van der Waals surface area contributed by atoms with Crippen LogP contribution in [-0.2, 0) is 17.6 Å². The molecule has 0 atom stereocenters. The molecular weight excluding hydrogens is 260 g/mol. The summed E-state index contributed by atoms with van der Waals surface area (Å²) in [6.07, 6.45) is 9.81. The van der Waals surface area contributed by atoms with E-state index in [-0.39, 0.29) is 11.8 Å². The molecule has 100 valence electrons. The first-order chi connectivity index (χ1) is 9.20. The summed E-state index contributed by atoms with van der Waals surface area (Å²) in [5.74, 6) is -0.609. The summed E-state index contributed by atoms with van der Waals surface area (Å²) >= 11 is 1.51. The maximum absolute atomic E-state index is 11.8. The van der Waals surface area contributed by atoms with Gasteiger partial charge < -0.3 is 0 Å². The number of amides is 2. The monoisotopic (exact) mass is 276 g/mol. The molecular formula is C14H16N2O2S. The van der Waals surface area contributed by atoms with Gasteiger partial charge in [0.05, 0.1) is 4.88 Å². The minimum absolute atomic E-state index is 0.257. The lowest BCUT2D eigenvalue weighted by atomic mass is 10.2. The lowest BCUT2D eigenvalue weighted by Gasteiger charge is -2.02. The maximum Gasteiger partial charge on any atom is 0.279 e. The predicted octanol–water partition coefficient (Wildman–Crippen LogP) is 2.13. The Labute approximate surface area is 116 Å². The van der Waals surface area contributed by atoms with Gasteiger partial charge in [-0.2, -0.15) is 0 Å². The molecule has 0 saturated heterocycles. The van der Waals surface area contributed by atoms with Gasteiger partial charge in [0.15, 0.2) is 0 Å². The molecule has 0 spiro atoms. The number of carbonyl (C=O) groups is 2. The van der Waals surface area contributed by atoms with E-state index in [0.29, 0.717) is 4.88 Å². The van der Waals surface area contributed by atoms with Crippen LogP contribution in [0.25, 0.3) is 0 Å². The quantitative estimate of drug-likeness (QED) is 0.505. The molecule has 4 nitrogen and oxygen atoms in total. The number of thiophene rings is 1. The Balaban J connectivity index is 1.85. The number of hydrogen-bond donors (Lipinski definition) is 2. The summed E-state index contributed by atoms with van der Waals surface area (Å²) in [5, 5.41) is 0. The van der Waals surface area contributed by atoms with Crippen LogP contribution in [0.1, 0.15) is 33.5 Å². The van der Waals surface area contributed by atoms with E-state index in [1.54, 1.807) is 12.2 Å². The molecule has 0 unspecified atom stereocenters. The van der Waals surface area contributed by atoms with Crippen LogP contribution < -0.4 is 10.9 Å².